The fourth-order valence-corrected chi connectivity index (χ4v) is 4.42. The van der Waals surface area contributed by atoms with E-state index < -0.39 is 0 Å². The van der Waals surface area contributed by atoms with Crippen molar-refractivity contribution >= 4 is 23.5 Å². The summed E-state index contributed by atoms with van der Waals surface area (Å²) in [6, 6.07) is 8.73. The van der Waals surface area contributed by atoms with Gasteiger partial charge in [-0.1, -0.05) is 30.0 Å². The smallest absolute Gasteiger partial charge is 0.167 e. The number of fused-ring (bicyclic) bond motifs is 1. The molecule has 1 aliphatic heterocycles. The van der Waals surface area contributed by atoms with Crippen LogP contribution in [-0.2, 0) is 13.5 Å². The number of imidazole rings is 1. The summed E-state index contributed by atoms with van der Waals surface area (Å²) in [7, 11) is 2.05. The number of aryl methyl sites for hydroxylation is 1. The van der Waals surface area contributed by atoms with Gasteiger partial charge in [-0.25, -0.2) is 4.98 Å². The third-order valence-corrected chi connectivity index (χ3v) is 5.64. The van der Waals surface area contributed by atoms with Gasteiger partial charge in [0.25, 0.3) is 0 Å². The highest BCUT2D eigenvalue weighted by atomic mass is 32.2. The van der Waals surface area contributed by atoms with Gasteiger partial charge in [0.1, 0.15) is 0 Å². The van der Waals surface area contributed by atoms with Crippen molar-refractivity contribution in [2.45, 2.75) is 21.7 Å². The van der Waals surface area contributed by atoms with Crippen LogP contribution in [0.2, 0.25) is 0 Å². The predicted molar refractivity (Wildman–Crippen MR) is 73.7 cm³/mol. The first-order chi connectivity index (χ1) is 8.33. The third kappa shape index (κ3) is 2.38. The van der Waals surface area contributed by atoms with Crippen LogP contribution >= 0.6 is 23.5 Å². The van der Waals surface area contributed by atoms with Crippen LogP contribution in [0, 0.1) is 0 Å². The molecule has 1 aromatic carbocycles. The molecule has 1 unspecified atom stereocenters. The van der Waals surface area contributed by atoms with Gasteiger partial charge < -0.3 is 4.57 Å². The number of hydrogen-bond acceptors (Lipinski definition) is 3. The largest absolute Gasteiger partial charge is 0.329 e. The highest BCUT2D eigenvalue weighted by Crippen LogP contribution is 2.38. The maximum atomic E-state index is 4.34. The minimum Gasteiger partial charge on any atom is -0.329 e. The first kappa shape index (κ1) is 11.2. The fraction of sp³-hybridized carbons (Fsp3) is 0.308. The number of nitrogens with zero attached hydrogens (tertiary/aromatic N) is 2. The van der Waals surface area contributed by atoms with E-state index in [9.17, 15) is 0 Å². The Hall–Kier alpha value is -0.870. The minimum absolute atomic E-state index is 0.689. The molecule has 3 rings (SSSR count). The second-order valence-corrected chi connectivity index (χ2v) is 6.51. The van der Waals surface area contributed by atoms with Crippen molar-refractivity contribution in [3.63, 3.8) is 0 Å². The molecule has 0 saturated carbocycles. The summed E-state index contributed by atoms with van der Waals surface area (Å²) in [5.74, 6) is 1.13. The topological polar surface area (TPSA) is 17.8 Å². The zero-order valence-electron chi connectivity index (χ0n) is 9.67. The molecule has 88 valence electrons. The third-order valence-electron chi connectivity index (χ3n) is 2.89. The van der Waals surface area contributed by atoms with Crippen LogP contribution in [0.1, 0.15) is 5.56 Å². The standard InChI is InChI=1S/C13H14N2S2/c1-15-7-6-14-13(15)16-9-11-8-10-4-2-3-5-12(10)17-11/h2-7,11H,8-9H2,1H3. The number of rotatable bonds is 3. The Kier molecular flexibility index (Phi) is 3.16. The van der Waals surface area contributed by atoms with Crippen molar-refractivity contribution in [2.24, 2.45) is 7.05 Å². The molecule has 0 radical (unpaired) electrons. The molecule has 0 amide bonds. The number of thioether (sulfide) groups is 2. The van der Waals surface area contributed by atoms with Crippen molar-refractivity contribution in [1.29, 1.82) is 0 Å². The van der Waals surface area contributed by atoms with Gasteiger partial charge in [-0.05, 0) is 18.1 Å². The van der Waals surface area contributed by atoms with Crippen molar-refractivity contribution in [2.75, 3.05) is 5.75 Å². The molecule has 0 N–H and O–H groups in total. The fourth-order valence-electron chi connectivity index (χ4n) is 2.01. The predicted octanol–water partition coefficient (Wildman–Crippen LogP) is 3.23. The molecule has 0 spiro atoms. The molecule has 2 nitrogen and oxygen atoms in total. The maximum absolute atomic E-state index is 4.34. The monoisotopic (exact) mass is 262 g/mol. The van der Waals surface area contributed by atoms with Crippen LogP contribution in [0.25, 0.3) is 0 Å². The van der Waals surface area contributed by atoms with Gasteiger partial charge in [0.2, 0.25) is 0 Å². The number of benzene rings is 1. The lowest BCUT2D eigenvalue weighted by atomic mass is 10.1. The van der Waals surface area contributed by atoms with E-state index in [0.29, 0.717) is 5.25 Å². The van der Waals surface area contributed by atoms with Gasteiger partial charge in [-0.2, -0.15) is 0 Å². The molecular formula is C13H14N2S2. The van der Waals surface area contributed by atoms with E-state index in [1.54, 1.807) is 0 Å². The Morgan fingerprint density at radius 3 is 3.12 bits per heavy atom. The first-order valence-corrected chi connectivity index (χ1v) is 7.54. The molecule has 1 aromatic heterocycles. The molecule has 1 atom stereocenters. The molecule has 0 saturated heterocycles. The molecule has 2 heterocycles. The van der Waals surface area contributed by atoms with Crippen LogP contribution in [0.4, 0.5) is 0 Å². The van der Waals surface area contributed by atoms with Crippen LogP contribution < -0.4 is 0 Å². The average Bonchev–Trinajstić information content (AvgIpc) is 2.92. The molecular weight excluding hydrogens is 248 g/mol. The molecule has 0 bridgehead atoms. The summed E-state index contributed by atoms with van der Waals surface area (Å²) >= 11 is 3.86. The first-order valence-electron chi connectivity index (χ1n) is 5.67. The Balaban J connectivity index is 1.61. The van der Waals surface area contributed by atoms with E-state index in [0.717, 1.165) is 10.9 Å². The lowest BCUT2D eigenvalue weighted by Gasteiger charge is -2.07. The highest BCUT2D eigenvalue weighted by molar-refractivity contribution is 8.03. The summed E-state index contributed by atoms with van der Waals surface area (Å²) in [6.45, 7) is 0. The molecule has 4 heteroatoms. The molecule has 0 fully saturated rings. The van der Waals surface area contributed by atoms with E-state index in [1.807, 2.05) is 43.0 Å². The Morgan fingerprint density at radius 2 is 2.35 bits per heavy atom. The van der Waals surface area contributed by atoms with Gasteiger partial charge in [-0.15, -0.1) is 11.8 Å². The maximum Gasteiger partial charge on any atom is 0.167 e. The van der Waals surface area contributed by atoms with E-state index in [4.69, 9.17) is 0 Å². The van der Waals surface area contributed by atoms with Crippen molar-refractivity contribution < 1.29 is 0 Å². The summed E-state index contributed by atoms with van der Waals surface area (Å²) in [6.07, 6.45) is 5.05. The molecule has 2 aromatic rings. The summed E-state index contributed by atoms with van der Waals surface area (Å²) in [4.78, 5) is 5.80. The SMILES string of the molecule is Cn1ccnc1SCC1Cc2ccccc2S1. The zero-order valence-corrected chi connectivity index (χ0v) is 11.3. The minimum atomic E-state index is 0.689. The summed E-state index contributed by atoms with van der Waals surface area (Å²) in [5.41, 5.74) is 1.50. The molecule has 0 aliphatic carbocycles. The van der Waals surface area contributed by atoms with E-state index in [2.05, 4.69) is 33.8 Å². The van der Waals surface area contributed by atoms with Gasteiger partial charge in [0.05, 0.1) is 0 Å². The van der Waals surface area contributed by atoms with Gasteiger partial charge in [0, 0.05) is 35.3 Å². The Labute approximate surface area is 110 Å². The van der Waals surface area contributed by atoms with Gasteiger partial charge in [0.15, 0.2) is 5.16 Å². The Bertz CT molecular complexity index is 497. The van der Waals surface area contributed by atoms with Gasteiger partial charge in [-0.3, -0.25) is 0 Å². The second-order valence-electron chi connectivity index (χ2n) is 4.18. The quantitative estimate of drug-likeness (QED) is 0.791. The second kappa shape index (κ2) is 4.78. The normalized spacial score (nSPS) is 18.3. The molecule has 17 heavy (non-hydrogen) atoms. The van der Waals surface area contributed by atoms with Crippen molar-refractivity contribution in [3.05, 3.63) is 42.2 Å². The average molecular weight is 262 g/mol. The van der Waals surface area contributed by atoms with Crippen LogP contribution in [-0.4, -0.2) is 20.6 Å². The van der Waals surface area contributed by atoms with Crippen LogP contribution in [0.15, 0.2) is 46.7 Å². The number of aromatic nitrogens is 2. The van der Waals surface area contributed by atoms with Crippen molar-refractivity contribution in [1.82, 2.24) is 9.55 Å². The van der Waals surface area contributed by atoms with Crippen molar-refractivity contribution in [3.8, 4) is 0 Å². The summed E-state index contributed by atoms with van der Waals surface area (Å²) < 4.78 is 2.08. The van der Waals surface area contributed by atoms with E-state index in [1.165, 1.54) is 16.9 Å². The highest BCUT2D eigenvalue weighted by Gasteiger charge is 2.22. The van der Waals surface area contributed by atoms with E-state index in [-0.39, 0.29) is 0 Å². The molecule has 1 aliphatic rings. The van der Waals surface area contributed by atoms with Crippen LogP contribution in [0.3, 0.4) is 0 Å². The van der Waals surface area contributed by atoms with Crippen LogP contribution in [0.5, 0.6) is 0 Å². The lowest BCUT2D eigenvalue weighted by molar-refractivity contribution is 0.788. The Morgan fingerprint density at radius 1 is 1.47 bits per heavy atom. The number of hydrogen-bond donors (Lipinski definition) is 0. The van der Waals surface area contributed by atoms with E-state index >= 15 is 0 Å². The zero-order chi connectivity index (χ0) is 11.7. The van der Waals surface area contributed by atoms with Gasteiger partial charge >= 0.3 is 0 Å². The lowest BCUT2D eigenvalue weighted by Crippen LogP contribution is -2.05. The summed E-state index contributed by atoms with van der Waals surface area (Å²) in [5, 5.41) is 1.80.